The van der Waals surface area contributed by atoms with E-state index in [4.69, 9.17) is 4.42 Å². The summed E-state index contributed by atoms with van der Waals surface area (Å²) in [5.74, 6) is 0.760. The van der Waals surface area contributed by atoms with Crippen molar-refractivity contribution < 1.29 is 9.21 Å². The zero-order valence-corrected chi connectivity index (χ0v) is 14.3. The molecule has 0 radical (unpaired) electrons. The summed E-state index contributed by atoms with van der Waals surface area (Å²) < 4.78 is 7.28. The molecule has 0 bridgehead atoms. The number of nitrogens with one attached hydrogen (secondary N) is 2. The first-order valence-corrected chi connectivity index (χ1v) is 7.55. The summed E-state index contributed by atoms with van der Waals surface area (Å²) in [7, 11) is 1.82. The van der Waals surface area contributed by atoms with Crippen molar-refractivity contribution in [3.05, 3.63) is 23.8 Å². The van der Waals surface area contributed by atoms with Gasteiger partial charge in [0.25, 0.3) is 5.91 Å². The Morgan fingerprint density at radius 2 is 2.30 bits per heavy atom. The first-order valence-electron chi connectivity index (χ1n) is 7.55. The molecule has 2 unspecified atom stereocenters. The van der Waals surface area contributed by atoms with E-state index in [1.54, 1.807) is 24.0 Å². The molecule has 2 N–H and O–H groups in total. The highest BCUT2D eigenvalue weighted by Gasteiger charge is 2.25. The predicted molar refractivity (Wildman–Crippen MR) is 88.6 cm³/mol. The lowest BCUT2D eigenvalue weighted by Gasteiger charge is -2.30. The maximum absolute atomic E-state index is 12.4. The Morgan fingerprint density at radius 3 is 2.96 bits per heavy atom. The number of aromatic nitrogens is 3. The molecule has 126 valence electrons. The molecule has 23 heavy (non-hydrogen) atoms. The van der Waals surface area contributed by atoms with Crippen molar-refractivity contribution in [2.75, 3.05) is 6.54 Å². The molecule has 1 fully saturated rings. The summed E-state index contributed by atoms with van der Waals surface area (Å²) in [5, 5.41) is 10.5. The van der Waals surface area contributed by atoms with Gasteiger partial charge in [0.15, 0.2) is 5.69 Å². The largest absolute Gasteiger partial charge is 0.440 e. The van der Waals surface area contributed by atoms with Gasteiger partial charge in [-0.25, -0.2) is 4.98 Å². The lowest BCUT2D eigenvalue weighted by Crippen LogP contribution is -2.52. The number of rotatable bonds is 3. The van der Waals surface area contributed by atoms with Crippen LogP contribution >= 0.6 is 12.4 Å². The predicted octanol–water partition coefficient (Wildman–Crippen LogP) is 1.68. The van der Waals surface area contributed by atoms with Crippen LogP contribution in [0.2, 0.25) is 0 Å². The van der Waals surface area contributed by atoms with Gasteiger partial charge in [0.1, 0.15) is 5.76 Å². The smallest absolute Gasteiger partial charge is 0.273 e. The van der Waals surface area contributed by atoms with E-state index in [-0.39, 0.29) is 30.4 Å². The third kappa shape index (κ3) is 3.73. The van der Waals surface area contributed by atoms with Crippen LogP contribution in [0.25, 0.3) is 11.5 Å². The van der Waals surface area contributed by atoms with Gasteiger partial charge in [-0.1, -0.05) is 0 Å². The summed E-state index contributed by atoms with van der Waals surface area (Å²) >= 11 is 0. The summed E-state index contributed by atoms with van der Waals surface area (Å²) in [6, 6.07) is 0.391. The van der Waals surface area contributed by atoms with Gasteiger partial charge in [0, 0.05) is 25.3 Å². The Balaban J connectivity index is 0.00000192. The van der Waals surface area contributed by atoms with Crippen LogP contribution in [0.3, 0.4) is 0 Å². The van der Waals surface area contributed by atoms with Gasteiger partial charge in [-0.3, -0.25) is 9.48 Å². The van der Waals surface area contributed by atoms with Gasteiger partial charge in [-0.05, 0) is 33.2 Å². The Morgan fingerprint density at radius 1 is 1.52 bits per heavy atom. The average Bonchev–Trinajstić information content (AvgIpc) is 3.07. The van der Waals surface area contributed by atoms with Crippen molar-refractivity contribution in [3.63, 3.8) is 0 Å². The highest BCUT2D eigenvalue weighted by atomic mass is 35.5. The van der Waals surface area contributed by atoms with Crippen LogP contribution in [-0.4, -0.2) is 39.3 Å². The van der Waals surface area contributed by atoms with Crippen LogP contribution in [0.4, 0.5) is 0 Å². The quantitative estimate of drug-likeness (QED) is 0.888. The number of oxazole rings is 1. The third-order valence-corrected chi connectivity index (χ3v) is 4.04. The minimum Gasteiger partial charge on any atom is -0.440 e. The van der Waals surface area contributed by atoms with Crippen molar-refractivity contribution >= 4 is 18.3 Å². The van der Waals surface area contributed by atoms with Gasteiger partial charge in [0.2, 0.25) is 5.89 Å². The first-order chi connectivity index (χ1) is 10.5. The summed E-state index contributed by atoms with van der Waals surface area (Å²) in [5.41, 5.74) is 1.11. The molecule has 3 rings (SSSR count). The summed E-state index contributed by atoms with van der Waals surface area (Å²) in [4.78, 5) is 16.8. The Hall–Kier alpha value is -1.86. The highest BCUT2D eigenvalue weighted by Crippen LogP contribution is 2.21. The van der Waals surface area contributed by atoms with Crippen LogP contribution in [0.1, 0.15) is 36.0 Å². The average molecular weight is 340 g/mol. The number of piperidine rings is 1. The van der Waals surface area contributed by atoms with E-state index < -0.39 is 0 Å². The molecule has 1 aliphatic heterocycles. The molecule has 0 aliphatic carbocycles. The zero-order valence-electron chi connectivity index (χ0n) is 13.5. The second kappa shape index (κ2) is 7.14. The van der Waals surface area contributed by atoms with E-state index in [9.17, 15) is 4.79 Å². The van der Waals surface area contributed by atoms with E-state index in [0.717, 1.165) is 24.9 Å². The number of hydrogen-bond donors (Lipinski definition) is 2. The fourth-order valence-electron chi connectivity index (χ4n) is 2.74. The first kappa shape index (κ1) is 17.5. The van der Waals surface area contributed by atoms with Gasteiger partial charge < -0.3 is 15.1 Å². The van der Waals surface area contributed by atoms with Gasteiger partial charge >= 0.3 is 0 Å². The molecule has 1 aliphatic rings. The third-order valence-electron chi connectivity index (χ3n) is 4.04. The van der Waals surface area contributed by atoms with Crippen molar-refractivity contribution in [2.45, 2.75) is 38.8 Å². The molecule has 0 aromatic carbocycles. The van der Waals surface area contributed by atoms with Crippen LogP contribution in [0.5, 0.6) is 0 Å². The number of carbonyl (C=O) groups excluding carboxylic acids is 1. The molecule has 7 nitrogen and oxygen atoms in total. The molecule has 1 amide bonds. The zero-order chi connectivity index (χ0) is 15.7. The highest BCUT2D eigenvalue weighted by molar-refractivity contribution is 5.93. The fraction of sp³-hybridized carbons (Fsp3) is 0.533. The normalized spacial score (nSPS) is 20.8. The van der Waals surface area contributed by atoms with Gasteiger partial charge in [-0.2, -0.15) is 5.10 Å². The van der Waals surface area contributed by atoms with E-state index in [1.807, 2.05) is 7.05 Å². The lowest BCUT2D eigenvalue weighted by atomic mass is 10.00. The van der Waals surface area contributed by atoms with Crippen LogP contribution in [0.15, 0.2) is 16.8 Å². The maximum Gasteiger partial charge on any atom is 0.273 e. The van der Waals surface area contributed by atoms with E-state index in [0.29, 0.717) is 17.3 Å². The van der Waals surface area contributed by atoms with Gasteiger partial charge in [-0.15, -0.1) is 12.4 Å². The standard InChI is InChI=1S/C15H21N5O2.ClH/c1-9-12(5-4-6-16-9)18-14(21)13-10(2)22-15(19-13)11-7-17-20(3)8-11;/h7-9,12,16H,4-6H2,1-3H3,(H,18,21);1H. The molecule has 8 heteroatoms. The molecule has 2 aromatic rings. The number of amides is 1. The molecule has 2 aromatic heterocycles. The van der Waals surface area contributed by atoms with Crippen LogP contribution in [-0.2, 0) is 7.05 Å². The van der Waals surface area contributed by atoms with Crippen LogP contribution in [0, 0.1) is 6.92 Å². The van der Waals surface area contributed by atoms with Crippen molar-refractivity contribution in [1.82, 2.24) is 25.4 Å². The Labute approximate surface area is 141 Å². The molecule has 2 atom stereocenters. The van der Waals surface area contributed by atoms with Crippen LogP contribution < -0.4 is 10.6 Å². The van der Waals surface area contributed by atoms with E-state index in [1.165, 1.54) is 0 Å². The minimum atomic E-state index is -0.183. The minimum absolute atomic E-state index is 0. The molecule has 0 spiro atoms. The van der Waals surface area contributed by atoms with E-state index >= 15 is 0 Å². The summed E-state index contributed by atoms with van der Waals surface area (Å²) in [6.45, 7) is 4.84. The monoisotopic (exact) mass is 339 g/mol. The lowest BCUT2D eigenvalue weighted by molar-refractivity contribution is 0.0914. The fourth-order valence-corrected chi connectivity index (χ4v) is 2.74. The Kier molecular flexibility index (Phi) is 5.43. The number of hydrogen-bond acceptors (Lipinski definition) is 5. The SMILES string of the molecule is Cc1oc(-c2cnn(C)c2)nc1C(=O)NC1CCCNC1C.Cl. The number of nitrogens with zero attached hydrogens (tertiary/aromatic N) is 3. The summed E-state index contributed by atoms with van der Waals surface area (Å²) in [6.07, 6.45) is 5.51. The van der Waals surface area contributed by atoms with Crippen molar-refractivity contribution in [1.29, 1.82) is 0 Å². The molecular weight excluding hydrogens is 318 g/mol. The molecular formula is C15H22ClN5O2. The van der Waals surface area contributed by atoms with Crippen molar-refractivity contribution in [3.8, 4) is 11.5 Å². The topological polar surface area (TPSA) is 85.0 Å². The van der Waals surface area contributed by atoms with Crippen molar-refractivity contribution in [2.24, 2.45) is 7.05 Å². The molecule has 3 heterocycles. The van der Waals surface area contributed by atoms with E-state index in [2.05, 4.69) is 27.6 Å². The van der Waals surface area contributed by atoms with Gasteiger partial charge in [0.05, 0.1) is 11.8 Å². The number of aryl methyl sites for hydroxylation is 2. The second-order valence-electron chi connectivity index (χ2n) is 5.79. The number of halogens is 1. The number of carbonyl (C=O) groups is 1. The second-order valence-corrected chi connectivity index (χ2v) is 5.79. The Bertz CT molecular complexity index is 681. The molecule has 1 saturated heterocycles. The molecule has 0 saturated carbocycles. The maximum atomic E-state index is 12.4.